The number of phenolic OH excluding ortho intramolecular Hbond substituents is 1. The van der Waals surface area contributed by atoms with Crippen molar-refractivity contribution in [3.8, 4) is 17.2 Å². The Labute approximate surface area is 178 Å². The van der Waals surface area contributed by atoms with E-state index in [9.17, 15) is 9.90 Å². The first-order valence-corrected chi connectivity index (χ1v) is 10.9. The SMILES string of the molecule is CC1CCCN(C(=O)CC(c2ccc3c(c2)OCO3)c2cc(C(C)C)ccc2O)C1. The number of aromatic hydroxyl groups is 1. The lowest BCUT2D eigenvalue weighted by Crippen LogP contribution is -2.39. The molecular weight excluding hydrogens is 378 g/mol. The topological polar surface area (TPSA) is 59.0 Å². The highest BCUT2D eigenvalue weighted by Gasteiger charge is 2.28. The molecule has 2 aromatic carbocycles. The average Bonchev–Trinajstić information content (AvgIpc) is 3.20. The molecule has 2 aliphatic rings. The van der Waals surface area contributed by atoms with Gasteiger partial charge in [0.25, 0.3) is 0 Å². The van der Waals surface area contributed by atoms with Gasteiger partial charge >= 0.3 is 0 Å². The summed E-state index contributed by atoms with van der Waals surface area (Å²) in [6, 6.07) is 11.6. The number of benzene rings is 2. The maximum absolute atomic E-state index is 13.3. The standard InChI is InChI=1S/C25H31NO4/c1-16(2)18-6-8-22(27)21(11-18)20(13-25(28)26-10-4-5-17(3)14-26)19-7-9-23-24(12-19)30-15-29-23/h6-9,11-12,16-17,20,27H,4-5,10,13-15H2,1-3H3. The van der Waals surface area contributed by atoms with Crippen LogP contribution in [0.5, 0.6) is 17.2 Å². The van der Waals surface area contributed by atoms with Gasteiger partial charge in [0.1, 0.15) is 5.75 Å². The van der Waals surface area contributed by atoms with Crippen LogP contribution in [0, 0.1) is 5.92 Å². The summed E-state index contributed by atoms with van der Waals surface area (Å²) in [5, 5.41) is 10.7. The normalized spacial score (nSPS) is 19.2. The number of ether oxygens (including phenoxy) is 2. The van der Waals surface area contributed by atoms with Gasteiger partial charge in [0.2, 0.25) is 12.7 Å². The summed E-state index contributed by atoms with van der Waals surface area (Å²) in [6.07, 6.45) is 2.55. The Hall–Kier alpha value is -2.69. The fourth-order valence-electron chi connectivity index (χ4n) is 4.47. The van der Waals surface area contributed by atoms with Crippen LogP contribution >= 0.6 is 0 Å². The number of carbonyl (C=O) groups is 1. The number of hydrogen-bond acceptors (Lipinski definition) is 4. The predicted molar refractivity (Wildman–Crippen MR) is 116 cm³/mol. The van der Waals surface area contributed by atoms with Crippen LogP contribution in [0.15, 0.2) is 36.4 Å². The quantitative estimate of drug-likeness (QED) is 0.753. The van der Waals surface area contributed by atoms with Crippen molar-refractivity contribution in [2.45, 2.75) is 51.9 Å². The van der Waals surface area contributed by atoms with Crippen molar-refractivity contribution in [2.75, 3.05) is 19.9 Å². The van der Waals surface area contributed by atoms with Gasteiger partial charge < -0.3 is 19.5 Å². The number of phenols is 1. The van der Waals surface area contributed by atoms with Gasteiger partial charge in [0.15, 0.2) is 11.5 Å². The van der Waals surface area contributed by atoms with E-state index in [2.05, 4.69) is 20.8 Å². The highest BCUT2D eigenvalue weighted by atomic mass is 16.7. The molecule has 0 aromatic heterocycles. The van der Waals surface area contributed by atoms with Crippen molar-refractivity contribution >= 4 is 5.91 Å². The summed E-state index contributed by atoms with van der Waals surface area (Å²) in [6.45, 7) is 8.30. The first-order valence-electron chi connectivity index (χ1n) is 10.9. The second kappa shape index (κ2) is 8.58. The van der Waals surface area contributed by atoms with Crippen LogP contribution in [0.4, 0.5) is 0 Å². The molecule has 30 heavy (non-hydrogen) atoms. The van der Waals surface area contributed by atoms with Gasteiger partial charge in [0, 0.05) is 31.0 Å². The summed E-state index contributed by atoms with van der Waals surface area (Å²) in [4.78, 5) is 15.2. The molecule has 5 heteroatoms. The maximum atomic E-state index is 13.3. The molecule has 0 bridgehead atoms. The first-order chi connectivity index (χ1) is 14.4. The lowest BCUT2D eigenvalue weighted by Gasteiger charge is -2.32. The van der Waals surface area contributed by atoms with E-state index in [0.717, 1.165) is 36.2 Å². The molecule has 1 amide bonds. The number of rotatable bonds is 5. The molecule has 1 N–H and O–H groups in total. The fraction of sp³-hybridized carbons (Fsp3) is 0.480. The zero-order valence-electron chi connectivity index (χ0n) is 18.1. The number of hydrogen-bond donors (Lipinski definition) is 1. The number of likely N-dealkylation sites (tertiary alicyclic amines) is 1. The first kappa shape index (κ1) is 20.6. The predicted octanol–water partition coefficient (Wildman–Crippen LogP) is 5.02. The van der Waals surface area contributed by atoms with Crippen LogP contribution in [0.2, 0.25) is 0 Å². The minimum Gasteiger partial charge on any atom is -0.508 e. The summed E-state index contributed by atoms with van der Waals surface area (Å²) in [7, 11) is 0. The van der Waals surface area contributed by atoms with E-state index >= 15 is 0 Å². The van der Waals surface area contributed by atoms with E-state index in [-0.39, 0.29) is 24.4 Å². The second-order valence-electron chi connectivity index (χ2n) is 8.93. The molecule has 5 nitrogen and oxygen atoms in total. The summed E-state index contributed by atoms with van der Waals surface area (Å²) in [5.41, 5.74) is 2.89. The Kier molecular flexibility index (Phi) is 5.89. The maximum Gasteiger partial charge on any atom is 0.231 e. The van der Waals surface area contributed by atoms with E-state index in [1.54, 1.807) is 6.07 Å². The van der Waals surface area contributed by atoms with Gasteiger partial charge in [-0.3, -0.25) is 4.79 Å². The minimum absolute atomic E-state index is 0.138. The number of nitrogens with zero attached hydrogens (tertiary/aromatic N) is 1. The summed E-state index contributed by atoms with van der Waals surface area (Å²) in [5.74, 6) is 2.39. The van der Waals surface area contributed by atoms with Crippen LogP contribution in [0.25, 0.3) is 0 Å². The molecule has 2 aromatic rings. The Bertz CT molecular complexity index is 923. The molecular formula is C25H31NO4. The van der Waals surface area contributed by atoms with Crippen molar-refractivity contribution in [3.05, 3.63) is 53.1 Å². The molecule has 0 spiro atoms. The highest BCUT2D eigenvalue weighted by molar-refractivity contribution is 5.78. The Balaban J connectivity index is 1.70. The van der Waals surface area contributed by atoms with E-state index in [4.69, 9.17) is 9.47 Å². The third-order valence-electron chi connectivity index (χ3n) is 6.28. The van der Waals surface area contributed by atoms with Gasteiger partial charge in [-0.1, -0.05) is 39.0 Å². The Morgan fingerprint density at radius 1 is 1.13 bits per heavy atom. The van der Waals surface area contributed by atoms with Crippen LogP contribution < -0.4 is 9.47 Å². The lowest BCUT2D eigenvalue weighted by atomic mass is 9.85. The largest absolute Gasteiger partial charge is 0.508 e. The Morgan fingerprint density at radius 2 is 1.90 bits per heavy atom. The third kappa shape index (κ3) is 4.25. The van der Waals surface area contributed by atoms with Crippen LogP contribution in [-0.4, -0.2) is 35.8 Å². The average molecular weight is 410 g/mol. The van der Waals surface area contributed by atoms with Crippen molar-refractivity contribution < 1.29 is 19.4 Å². The molecule has 2 atom stereocenters. The molecule has 0 saturated carbocycles. The van der Waals surface area contributed by atoms with Gasteiger partial charge in [0.05, 0.1) is 0 Å². The van der Waals surface area contributed by atoms with E-state index in [1.807, 2.05) is 35.2 Å². The van der Waals surface area contributed by atoms with Crippen molar-refractivity contribution in [3.63, 3.8) is 0 Å². The number of carbonyl (C=O) groups excluding carboxylic acids is 1. The third-order valence-corrected chi connectivity index (χ3v) is 6.28. The molecule has 2 aliphatic heterocycles. The minimum atomic E-state index is -0.247. The van der Waals surface area contributed by atoms with Crippen molar-refractivity contribution in [1.82, 2.24) is 4.90 Å². The smallest absolute Gasteiger partial charge is 0.231 e. The number of piperidine rings is 1. The molecule has 0 radical (unpaired) electrons. The molecule has 160 valence electrons. The zero-order valence-corrected chi connectivity index (χ0v) is 18.1. The molecule has 2 heterocycles. The van der Waals surface area contributed by atoms with Crippen molar-refractivity contribution in [1.29, 1.82) is 0 Å². The number of amides is 1. The number of fused-ring (bicyclic) bond motifs is 1. The van der Waals surface area contributed by atoms with Crippen LogP contribution in [-0.2, 0) is 4.79 Å². The Morgan fingerprint density at radius 3 is 2.67 bits per heavy atom. The summed E-state index contributed by atoms with van der Waals surface area (Å²) < 4.78 is 11.0. The van der Waals surface area contributed by atoms with Crippen LogP contribution in [0.3, 0.4) is 0 Å². The fourth-order valence-corrected chi connectivity index (χ4v) is 4.47. The van der Waals surface area contributed by atoms with Gasteiger partial charge in [-0.15, -0.1) is 0 Å². The lowest BCUT2D eigenvalue weighted by molar-refractivity contribution is -0.133. The van der Waals surface area contributed by atoms with E-state index in [1.165, 1.54) is 6.42 Å². The second-order valence-corrected chi connectivity index (χ2v) is 8.93. The zero-order chi connectivity index (χ0) is 21.3. The monoisotopic (exact) mass is 409 g/mol. The van der Waals surface area contributed by atoms with E-state index < -0.39 is 0 Å². The van der Waals surface area contributed by atoms with Crippen molar-refractivity contribution in [2.24, 2.45) is 5.92 Å². The van der Waals surface area contributed by atoms with Gasteiger partial charge in [-0.05, 0) is 54.0 Å². The van der Waals surface area contributed by atoms with Gasteiger partial charge in [-0.2, -0.15) is 0 Å². The molecule has 4 rings (SSSR count). The molecule has 2 unspecified atom stereocenters. The highest BCUT2D eigenvalue weighted by Crippen LogP contribution is 2.41. The molecule has 1 saturated heterocycles. The molecule has 1 fully saturated rings. The summed E-state index contributed by atoms with van der Waals surface area (Å²) >= 11 is 0. The van der Waals surface area contributed by atoms with Gasteiger partial charge in [-0.25, -0.2) is 0 Å². The van der Waals surface area contributed by atoms with E-state index in [0.29, 0.717) is 29.8 Å². The molecule has 0 aliphatic carbocycles. The van der Waals surface area contributed by atoms with Crippen LogP contribution in [0.1, 0.15) is 68.6 Å².